The molecule has 4 nitrogen and oxygen atoms in total. The summed E-state index contributed by atoms with van der Waals surface area (Å²) < 4.78 is 0. The lowest BCUT2D eigenvalue weighted by Gasteiger charge is -2.47. The lowest BCUT2D eigenvalue weighted by molar-refractivity contribution is -0.142. The van der Waals surface area contributed by atoms with Gasteiger partial charge in [-0.1, -0.05) is 0 Å². The summed E-state index contributed by atoms with van der Waals surface area (Å²) >= 11 is 0. The Labute approximate surface area is 103 Å². The van der Waals surface area contributed by atoms with Gasteiger partial charge < -0.3 is 15.1 Å². The van der Waals surface area contributed by atoms with Crippen LogP contribution in [-0.2, 0) is 4.79 Å². The standard InChI is InChI=1S/C13H23N3O/c1-15-5-7-16(8-6-15)12(17)11-9-13(10-11)3-2-4-14-13/h11,14H,2-10H2,1H3. The molecule has 17 heavy (non-hydrogen) atoms. The van der Waals surface area contributed by atoms with Crippen molar-refractivity contribution < 1.29 is 4.79 Å². The fraction of sp³-hybridized carbons (Fsp3) is 0.923. The molecule has 2 aliphatic heterocycles. The van der Waals surface area contributed by atoms with E-state index in [1.807, 2.05) is 0 Å². The van der Waals surface area contributed by atoms with E-state index in [0.29, 0.717) is 17.4 Å². The van der Waals surface area contributed by atoms with Gasteiger partial charge in [-0.3, -0.25) is 4.79 Å². The van der Waals surface area contributed by atoms with Crippen LogP contribution in [0.1, 0.15) is 25.7 Å². The van der Waals surface area contributed by atoms with Crippen LogP contribution in [0.2, 0.25) is 0 Å². The summed E-state index contributed by atoms with van der Waals surface area (Å²) in [5.41, 5.74) is 0.354. The summed E-state index contributed by atoms with van der Waals surface area (Å²) in [5.74, 6) is 0.724. The quantitative estimate of drug-likeness (QED) is 0.712. The van der Waals surface area contributed by atoms with Crippen LogP contribution in [0.4, 0.5) is 0 Å². The van der Waals surface area contributed by atoms with Crippen LogP contribution in [0, 0.1) is 5.92 Å². The Morgan fingerprint density at radius 2 is 1.94 bits per heavy atom. The number of carbonyl (C=O) groups is 1. The molecule has 1 aliphatic carbocycles. The smallest absolute Gasteiger partial charge is 0.225 e. The maximum atomic E-state index is 12.3. The molecule has 0 aromatic rings. The van der Waals surface area contributed by atoms with Gasteiger partial charge in [-0.15, -0.1) is 0 Å². The predicted octanol–water partition coefficient (Wildman–Crippen LogP) is 0.293. The van der Waals surface area contributed by atoms with E-state index in [1.54, 1.807) is 0 Å². The average molecular weight is 237 g/mol. The summed E-state index contributed by atoms with van der Waals surface area (Å²) in [6.07, 6.45) is 4.73. The second-order valence-corrected chi connectivity index (χ2v) is 6.04. The maximum Gasteiger partial charge on any atom is 0.225 e. The fourth-order valence-electron chi connectivity index (χ4n) is 3.56. The summed E-state index contributed by atoms with van der Waals surface area (Å²) in [5, 5.41) is 3.59. The number of nitrogens with zero attached hydrogens (tertiary/aromatic N) is 2. The van der Waals surface area contributed by atoms with Crippen molar-refractivity contribution >= 4 is 5.91 Å². The third-order valence-corrected chi connectivity index (χ3v) is 4.77. The van der Waals surface area contributed by atoms with E-state index in [9.17, 15) is 4.79 Å². The number of piperazine rings is 1. The van der Waals surface area contributed by atoms with Crippen molar-refractivity contribution in [3.63, 3.8) is 0 Å². The topological polar surface area (TPSA) is 35.6 Å². The predicted molar refractivity (Wildman–Crippen MR) is 66.8 cm³/mol. The molecule has 96 valence electrons. The van der Waals surface area contributed by atoms with Crippen LogP contribution in [-0.4, -0.2) is 61.0 Å². The van der Waals surface area contributed by atoms with Gasteiger partial charge in [-0.05, 0) is 39.3 Å². The first-order valence-electron chi connectivity index (χ1n) is 6.91. The number of hydrogen-bond donors (Lipinski definition) is 1. The molecule has 3 rings (SSSR count). The number of carbonyl (C=O) groups excluding carboxylic acids is 1. The van der Waals surface area contributed by atoms with Crippen LogP contribution in [0.25, 0.3) is 0 Å². The van der Waals surface area contributed by atoms with E-state index in [1.165, 1.54) is 12.8 Å². The molecular formula is C13H23N3O. The third kappa shape index (κ3) is 2.08. The minimum absolute atomic E-state index is 0.309. The van der Waals surface area contributed by atoms with Crippen LogP contribution in [0.15, 0.2) is 0 Å². The molecule has 3 aliphatic rings. The van der Waals surface area contributed by atoms with E-state index in [0.717, 1.165) is 45.6 Å². The number of amides is 1. The van der Waals surface area contributed by atoms with Gasteiger partial charge >= 0.3 is 0 Å². The highest BCUT2D eigenvalue weighted by Crippen LogP contribution is 2.44. The van der Waals surface area contributed by atoms with E-state index in [2.05, 4.69) is 22.2 Å². The molecule has 1 N–H and O–H groups in total. The summed E-state index contributed by atoms with van der Waals surface area (Å²) in [6.45, 7) is 5.05. The van der Waals surface area contributed by atoms with Gasteiger partial charge in [-0.25, -0.2) is 0 Å². The van der Waals surface area contributed by atoms with Gasteiger partial charge in [0.1, 0.15) is 0 Å². The second-order valence-electron chi connectivity index (χ2n) is 6.04. The van der Waals surface area contributed by atoms with Gasteiger partial charge in [-0.2, -0.15) is 0 Å². The molecule has 2 saturated heterocycles. The van der Waals surface area contributed by atoms with Crippen molar-refractivity contribution in [2.45, 2.75) is 31.2 Å². The van der Waals surface area contributed by atoms with E-state index in [-0.39, 0.29) is 0 Å². The molecule has 4 heteroatoms. The average Bonchev–Trinajstić information content (AvgIpc) is 2.76. The van der Waals surface area contributed by atoms with Crippen LogP contribution >= 0.6 is 0 Å². The molecule has 0 radical (unpaired) electrons. The van der Waals surface area contributed by atoms with E-state index < -0.39 is 0 Å². The fourth-order valence-corrected chi connectivity index (χ4v) is 3.56. The van der Waals surface area contributed by atoms with Crippen LogP contribution in [0.5, 0.6) is 0 Å². The van der Waals surface area contributed by atoms with E-state index >= 15 is 0 Å². The van der Waals surface area contributed by atoms with Crippen LogP contribution in [0.3, 0.4) is 0 Å². The third-order valence-electron chi connectivity index (χ3n) is 4.77. The van der Waals surface area contributed by atoms with Crippen molar-refractivity contribution in [2.24, 2.45) is 5.92 Å². The van der Waals surface area contributed by atoms with Gasteiger partial charge in [0.05, 0.1) is 0 Å². The maximum absolute atomic E-state index is 12.3. The highest BCUT2D eigenvalue weighted by Gasteiger charge is 2.49. The molecule has 0 unspecified atom stereocenters. The summed E-state index contributed by atoms with van der Waals surface area (Å²) in [7, 11) is 2.13. The highest BCUT2D eigenvalue weighted by atomic mass is 16.2. The Morgan fingerprint density at radius 3 is 2.53 bits per heavy atom. The van der Waals surface area contributed by atoms with E-state index in [4.69, 9.17) is 0 Å². The Balaban J connectivity index is 1.51. The summed E-state index contributed by atoms with van der Waals surface area (Å²) in [6, 6.07) is 0. The molecule has 2 heterocycles. The number of rotatable bonds is 1. The van der Waals surface area contributed by atoms with Gasteiger partial charge in [0.2, 0.25) is 5.91 Å². The first-order chi connectivity index (χ1) is 8.19. The normalized spacial score (nSPS) is 38.4. The molecular weight excluding hydrogens is 214 g/mol. The van der Waals surface area contributed by atoms with Crippen molar-refractivity contribution in [1.29, 1.82) is 0 Å². The lowest BCUT2D eigenvalue weighted by atomic mass is 9.67. The molecule has 1 spiro atoms. The number of hydrogen-bond acceptors (Lipinski definition) is 3. The Morgan fingerprint density at radius 1 is 1.24 bits per heavy atom. The largest absolute Gasteiger partial charge is 0.340 e. The number of nitrogens with one attached hydrogen (secondary N) is 1. The first kappa shape index (κ1) is 11.5. The zero-order valence-corrected chi connectivity index (χ0v) is 10.7. The monoisotopic (exact) mass is 237 g/mol. The molecule has 3 fully saturated rings. The van der Waals surface area contributed by atoms with Crippen molar-refractivity contribution in [1.82, 2.24) is 15.1 Å². The highest BCUT2D eigenvalue weighted by molar-refractivity contribution is 5.80. The Bertz CT molecular complexity index is 296. The van der Waals surface area contributed by atoms with Crippen LogP contribution < -0.4 is 5.32 Å². The minimum atomic E-state index is 0.309. The zero-order valence-electron chi connectivity index (χ0n) is 10.7. The molecule has 0 bridgehead atoms. The molecule has 0 atom stereocenters. The van der Waals surface area contributed by atoms with Gasteiger partial charge in [0, 0.05) is 37.6 Å². The van der Waals surface area contributed by atoms with Crippen molar-refractivity contribution in [3.05, 3.63) is 0 Å². The molecule has 0 aromatic heterocycles. The van der Waals surface area contributed by atoms with Gasteiger partial charge in [0.25, 0.3) is 0 Å². The lowest BCUT2D eigenvalue weighted by Crippen LogP contribution is -2.58. The molecule has 0 aromatic carbocycles. The molecule has 1 amide bonds. The number of likely N-dealkylation sites (N-methyl/N-ethyl adjacent to an activating group) is 1. The van der Waals surface area contributed by atoms with Gasteiger partial charge in [0.15, 0.2) is 0 Å². The second kappa shape index (κ2) is 4.25. The minimum Gasteiger partial charge on any atom is -0.340 e. The van der Waals surface area contributed by atoms with Crippen molar-refractivity contribution in [2.75, 3.05) is 39.8 Å². The Hall–Kier alpha value is -0.610. The summed E-state index contributed by atoms with van der Waals surface area (Å²) in [4.78, 5) is 16.7. The Kier molecular flexibility index (Phi) is 2.87. The molecule has 1 saturated carbocycles. The SMILES string of the molecule is CN1CCN(C(=O)C2CC3(CCCN3)C2)CC1. The first-order valence-corrected chi connectivity index (χ1v) is 6.91. The van der Waals surface area contributed by atoms with Crippen molar-refractivity contribution in [3.8, 4) is 0 Å². The zero-order chi connectivity index (χ0) is 11.9.